The zero-order valence-corrected chi connectivity index (χ0v) is 11.6. The monoisotopic (exact) mass is 274 g/mol. The van der Waals surface area contributed by atoms with Crippen molar-refractivity contribution >= 4 is 17.3 Å². The van der Waals surface area contributed by atoms with E-state index in [0.717, 1.165) is 11.4 Å². The molecule has 20 heavy (non-hydrogen) atoms. The van der Waals surface area contributed by atoms with Gasteiger partial charge in [0.15, 0.2) is 5.82 Å². The van der Waals surface area contributed by atoms with Crippen LogP contribution in [0.25, 0.3) is 0 Å². The molecule has 0 radical (unpaired) electrons. The van der Waals surface area contributed by atoms with Crippen molar-refractivity contribution in [2.75, 3.05) is 24.8 Å². The number of rotatable bonds is 6. The van der Waals surface area contributed by atoms with Gasteiger partial charge in [-0.25, -0.2) is 9.97 Å². The predicted molar refractivity (Wildman–Crippen MR) is 78.1 cm³/mol. The SMILES string of the molecule is CCOCc1nc(N)cc(Nc2ccc(OC)cc2)n1. The van der Waals surface area contributed by atoms with Gasteiger partial charge in [-0.2, -0.15) is 0 Å². The summed E-state index contributed by atoms with van der Waals surface area (Å²) in [6.07, 6.45) is 0. The predicted octanol–water partition coefficient (Wildman–Crippen LogP) is 2.35. The average molecular weight is 274 g/mol. The maximum absolute atomic E-state index is 5.76. The number of hydrogen-bond donors (Lipinski definition) is 2. The summed E-state index contributed by atoms with van der Waals surface area (Å²) in [5.74, 6) is 2.40. The smallest absolute Gasteiger partial charge is 0.158 e. The van der Waals surface area contributed by atoms with E-state index >= 15 is 0 Å². The number of hydrogen-bond acceptors (Lipinski definition) is 6. The van der Waals surface area contributed by atoms with Crippen LogP contribution in [0.3, 0.4) is 0 Å². The third-order valence-corrected chi connectivity index (χ3v) is 2.59. The third-order valence-electron chi connectivity index (χ3n) is 2.59. The number of anilines is 3. The molecule has 0 fully saturated rings. The summed E-state index contributed by atoms with van der Waals surface area (Å²) in [5.41, 5.74) is 6.66. The van der Waals surface area contributed by atoms with Crippen LogP contribution in [0.5, 0.6) is 5.75 Å². The van der Waals surface area contributed by atoms with Crippen molar-refractivity contribution < 1.29 is 9.47 Å². The van der Waals surface area contributed by atoms with Crippen molar-refractivity contribution in [1.82, 2.24) is 9.97 Å². The molecular formula is C14H18N4O2. The summed E-state index contributed by atoms with van der Waals surface area (Å²) in [6.45, 7) is 2.88. The Morgan fingerprint density at radius 1 is 1.20 bits per heavy atom. The van der Waals surface area contributed by atoms with Gasteiger partial charge in [0.2, 0.25) is 0 Å². The van der Waals surface area contributed by atoms with E-state index in [2.05, 4.69) is 15.3 Å². The van der Waals surface area contributed by atoms with Crippen LogP contribution in [-0.4, -0.2) is 23.7 Å². The van der Waals surface area contributed by atoms with Crippen molar-refractivity contribution in [3.8, 4) is 5.75 Å². The first kappa shape index (κ1) is 14.1. The van der Waals surface area contributed by atoms with Crippen molar-refractivity contribution in [1.29, 1.82) is 0 Å². The molecule has 0 saturated heterocycles. The first-order valence-corrected chi connectivity index (χ1v) is 6.33. The average Bonchev–Trinajstić information content (AvgIpc) is 2.45. The van der Waals surface area contributed by atoms with Gasteiger partial charge in [0, 0.05) is 18.4 Å². The van der Waals surface area contributed by atoms with E-state index in [0.29, 0.717) is 30.7 Å². The zero-order valence-electron chi connectivity index (χ0n) is 11.6. The van der Waals surface area contributed by atoms with Gasteiger partial charge >= 0.3 is 0 Å². The Kier molecular flexibility index (Phi) is 4.73. The molecule has 1 aromatic carbocycles. The number of benzene rings is 1. The van der Waals surface area contributed by atoms with Crippen molar-refractivity contribution in [3.63, 3.8) is 0 Å². The lowest BCUT2D eigenvalue weighted by molar-refractivity contribution is 0.128. The minimum absolute atomic E-state index is 0.346. The highest BCUT2D eigenvalue weighted by molar-refractivity contribution is 5.59. The normalized spacial score (nSPS) is 10.3. The molecule has 0 unspecified atom stereocenters. The fourth-order valence-corrected chi connectivity index (χ4v) is 1.66. The second-order valence-electron chi connectivity index (χ2n) is 4.08. The van der Waals surface area contributed by atoms with Gasteiger partial charge in [-0.15, -0.1) is 0 Å². The first-order valence-electron chi connectivity index (χ1n) is 6.33. The number of nitrogens with one attached hydrogen (secondary N) is 1. The standard InChI is InChI=1S/C14H18N4O2/c1-3-20-9-14-17-12(15)8-13(18-14)16-10-4-6-11(19-2)7-5-10/h4-8H,3,9H2,1-2H3,(H3,15,16,17,18). The van der Waals surface area contributed by atoms with E-state index in [1.807, 2.05) is 31.2 Å². The summed E-state index contributed by atoms with van der Waals surface area (Å²) < 4.78 is 10.4. The topological polar surface area (TPSA) is 82.3 Å². The van der Waals surface area contributed by atoms with Crippen molar-refractivity contribution in [3.05, 3.63) is 36.2 Å². The fourth-order valence-electron chi connectivity index (χ4n) is 1.66. The molecule has 2 aromatic rings. The lowest BCUT2D eigenvalue weighted by Crippen LogP contribution is -2.05. The lowest BCUT2D eigenvalue weighted by atomic mass is 10.3. The maximum atomic E-state index is 5.76. The minimum Gasteiger partial charge on any atom is -0.497 e. The van der Waals surface area contributed by atoms with Gasteiger partial charge in [0.1, 0.15) is 24.0 Å². The molecule has 3 N–H and O–H groups in total. The van der Waals surface area contributed by atoms with E-state index < -0.39 is 0 Å². The molecule has 1 heterocycles. The number of nitrogens with two attached hydrogens (primary N) is 1. The largest absolute Gasteiger partial charge is 0.497 e. The van der Waals surface area contributed by atoms with E-state index in [-0.39, 0.29) is 0 Å². The number of methoxy groups -OCH3 is 1. The Morgan fingerprint density at radius 2 is 1.95 bits per heavy atom. The van der Waals surface area contributed by atoms with Gasteiger partial charge < -0.3 is 20.5 Å². The zero-order chi connectivity index (χ0) is 14.4. The van der Waals surface area contributed by atoms with Crippen LogP contribution in [-0.2, 0) is 11.3 Å². The molecule has 6 heteroatoms. The van der Waals surface area contributed by atoms with Gasteiger partial charge in [-0.3, -0.25) is 0 Å². The quantitative estimate of drug-likeness (QED) is 0.841. The molecule has 0 amide bonds. The Hall–Kier alpha value is -2.34. The minimum atomic E-state index is 0.346. The van der Waals surface area contributed by atoms with Crippen molar-refractivity contribution in [2.45, 2.75) is 13.5 Å². The Morgan fingerprint density at radius 3 is 2.60 bits per heavy atom. The summed E-state index contributed by atoms with van der Waals surface area (Å²) >= 11 is 0. The van der Waals surface area contributed by atoms with E-state index in [9.17, 15) is 0 Å². The van der Waals surface area contributed by atoms with Crippen LogP contribution >= 0.6 is 0 Å². The van der Waals surface area contributed by atoms with Gasteiger partial charge in [-0.05, 0) is 31.2 Å². The van der Waals surface area contributed by atoms with Crippen LogP contribution in [0, 0.1) is 0 Å². The number of ether oxygens (including phenoxy) is 2. The van der Waals surface area contributed by atoms with Gasteiger partial charge in [0.25, 0.3) is 0 Å². The van der Waals surface area contributed by atoms with E-state index in [4.69, 9.17) is 15.2 Å². The molecule has 6 nitrogen and oxygen atoms in total. The highest BCUT2D eigenvalue weighted by atomic mass is 16.5. The molecule has 0 saturated carbocycles. The molecular weight excluding hydrogens is 256 g/mol. The number of nitrogen functional groups attached to an aromatic ring is 1. The van der Waals surface area contributed by atoms with E-state index in [1.165, 1.54) is 0 Å². The number of nitrogens with zero attached hydrogens (tertiary/aromatic N) is 2. The lowest BCUT2D eigenvalue weighted by Gasteiger charge is -2.09. The molecule has 0 aliphatic heterocycles. The summed E-state index contributed by atoms with van der Waals surface area (Å²) in [4.78, 5) is 8.47. The second kappa shape index (κ2) is 6.72. The highest BCUT2D eigenvalue weighted by Crippen LogP contribution is 2.19. The van der Waals surface area contributed by atoms with Crippen LogP contribution < -0.4 is 15.8 Å². The molecule has 0 atom stereocenters. The van der Waals surface area contributed by atoms with Crippen LogP contribution in [0.4, 0.5) is 17.3 Å². The van der Waals surface area contributed by atoms with Crippen LogP contribution in [0.1, 0.15) is 12.7 Å². The first-order chi connectivity index (χ1) is 9.71. The molecule has 1 aromatic heterocycles. The molecule has 0 bridgehead atoms. The van der Waals surface area contributed by atoms with Gasteiger partial charge in [0.05, 0.1) is 7.11 Å². The molecule has 0 aliphatic rings. The Bertz CT molecular complexity index is 558. The summed E-state index contributed by atoms with van der Waals surface area (Å²) in [7, 11) is 1.63. The second-order valence-corrected chi connectivity index (χ2v) is 4.08. The Labute approximate surface area is 118 Å². The number of aromatic nitrogens is 2. The fraction of sp³-hybridized carbons (Fsp3) is 0.286. The third kappa shape index (κ3) is 3.83. The maximum Gasteiger partial charge on any atom is 0.158 e. The van der Waals surface area contributed by atoms with Crippen LogP contribution in [0.2, 0.25) is 0 Å². The summed E-state index contributed by atoms with van der Waals surface area (Å²) in [6, 6.07) is 9.22. The molecule has 2 rings (SSSR count). The van der Waals surface area contributed by atoms with Crippen molar-refractivity contribution in [2.24, 2.45) is 0 Å². The molecule has 106 valence electrons. The molecule has 0 spiro atoms. The Balaban J connectivity index is 2.12. The van der Waals surface area contributed by atoms with Crippen LogP contribution in [0.15, 0.2) is 30.3 Å². The molecule has 0 aliphatic carbocycles. The summed E-state index contributed by atoms with van der Waals surface area (Å²) in [5, 5.41) is 3.17. The van der Waals surface area contributed by atoms with Gasteiger partial charge in [-0.1, -0.05) is 0 Å². The van der Waals surface area contributed by atoms with E-state index in [1.54, 1.807) is 13.2 Å². The highest BCUT2D eigenvalue weighted by Gasteiger charge is 2.03.